The van der Waals surface area contributed by atoms with Crippen molar-refractivity contribution in [2.24, 2.45) is 0 Å². The number of anilines is 4. The number of para-hydroxylation sites is 4. The largest absolute Gasteiger partial charge is 0.401 e. The average Bonchev–Trinajstić information content (AvgIpc) is 3.86. The van der Waals surface area contributed by atoms with Gasteiger partial charge in [-0.3, -0.25) is 0 Å². The fourth-order valence-electron chi connectivity index (χ4n) is 11.3. The van der Waals surface area contributed by atoms with Crippen molar-refractivity contribution in [3.63, 3.8) is 0 Å². The number of hydrogen-bond donors (Lipinski definition) is 0. The van der Waals surface area contributed by atoms with Crippen molar-refractivity contribution < 1.29 is 0 Å². The van der Waals surface area contributed by atoms with E-state index in [2.05, 4.69) is 216 Å². The Balaban J connectivity index is 1.65. The van der Waals surface area contributed by atoms with Gasteiger partial charge in [-0.2, -0.15) is 0 Å². The summed E-state index contributed by atoms with van der Waals surface area (Å²) in [5.74, 6) is 3.37. The van der Waals surface area contributed by atoms with Crippen molar-refractivity contribution in [2.75, 3.05) is 45.4 Å². The molecule has 0 spiro atoms. The van der Waals surface area contributed by atoms with E-state index in [-0.39, 0.29) is 13.7 Å². The normalized spacial score (nSPS) is 15.0. The monoisotopic (exact) mass is 831 g/mol. The lowest BCUT2D eigenvalue weighted by Crippen LogP contribution is -2.69. The molecule has 8 heteroatoms. The number of rotatable bonds is 15. The Bertz CT molecular complexity index is 1740. The minimum absolute atomic E-state index is 0.166. The first kappa shape index (κ1) is 47.8. The van der Waals surface area contributed by atoms with Crippen molar-refractivity contribution in [3.05, 3.63) is 117 Å². The molecule has 62 heavy (non-hydrogen) atoms. The van der Waals surface area contributed by atoms with Gasteiger partial charge in [0.1, 0.15) is 13.0 Å². The van der Waals surface area contributed by atoms with Crippen LogP contribution in [0.4, 0.5) is 22.7 Å². The summed E-state index contributed by atoms with van der Waals surface area (Å²) in [5, 5.41) is 0. The van der Waals surface area contributed by atoms with Gasteiger partial charge in [-0.25, -0.2) is 0 Å². The minimum atomic E-state index is 0.166. The molecule has 2 saturated heterocycles. The molecule has 0 atom stereocenters. The van der Waals surface area contributed by atoms with Gasteiger partial charge in [-0.1, -0.05) is 197 Å². The lowest BCUT2D eigenvalue weighted by molar-refractivity contribution is 0.821. The third-order valence-corrected chi connectivity index (χ3v) is 14.7. The van der Waals surface area contributed by atoms with E-state index in [1.54, 1.807) is 0 Å². The smallest absolute Gasteiger partial charge is 0.321 e. The highest BCUT2D eigenvalue weighted by Crippen LogP contribution is 2.46. The van der Waals surface area contributed by atoms with Crippen LogP contribution < -0.4 is 19.2 Å². The third-order valence-electron chi connectivity index (χ3n) is 14.7. The van der Waals surface area contributed by atoms with Gasteiger partial charge in [-0.15, -0.1) is 0 Å². The van der Waals surface area contributed by atoms with Gasteiger partial charge in [0.05, 0.1) is 0 Å². The van der Waals surface area contributed by atoms with E-state index in [9.17, 15) is 0 Å². The zero-order chi connectivity index (χ0) is 45.5. The summed E-state index contributed by atoms with van der Waals surface area (Å²) < 4.78 is 0. The second-order valence-corrected chi connectivity index (χ2v) is 21.7. The highest BCUT2D eigenvalue weighted by molar-refractivity contribution is 7.66. The maximum absolute atomic E-state index is 2.90. The van der Waals surface area contributed by atoms with Crippen LogP contribution in [-0.4, -0.2) is 52.9 Å². The number of nitrogens with zero attached hydrogens (tertiary/aromatic N) is 4. The summed E-state index contributed by atoms with van der Waals surface area (Å²) in [6, 6.07) is 28.7. The zero-order valence-corrected chi connectivity index (χ0v) is 42.5. The van der Waals surface area contributed by atoms with Gasteiger partial charge in [0.15, 0.2) is 0 Å². The van der Waals surface area contributed by atoms with Crippen LogP contribution in [0, 0.1) is 0 Å². The molecule has 2 heterocycles. The van der Waals surface area contributed by atoms with Gasteiger partial charge < -0.3 is 19.2 Å². The van der Waals surface area contributed by atoms with Crippen LogP contribution in [0.25, 0.3) is 0 Å². The molecular formula is C54H82B4N4. The van der Waals surface area contributed by atoms with E-state index in [4.69, 9.17) is 0 Å². The maximum atomic E-state index is 2.90. The summed E-state index contributed by atoms with van der Waals surface area (Å²) in [7, 11) is 0. The molecule has 4 aromatic rings. The van der Waals surface area contributed by atoms with Crippen molar-refractivity contribution in [3.8, 4) is 0 Å². The second-order valence-electron chi connectivity index (χ2n) is 21.7. The molecule has 330 valence electrons. The second kappa shape index (κ2) is 19.6. The highest BCUT2D eigenvalue weighted by atomic mass is 15.3. The number of benzene rings is 4. The van der Waals surface area contributed by atoms with E-state index >= 15 is 0 Å². The fourth-order valence-corrected chi connectivity index (χ4v) is 11.3. The van der Waals surface area contributed by atoms with E-state index in [0.717, 1.165) is 26.2 Å². The van der Waals surface area contributed by atoms with Crippen LogP contribution in [0.1, 0.15) is 203 Å². The van der Waals surface area contributed by atoms with Crippen LogP contribution >= 0.6 is 0 Å². The Morgan fingerprint density at radius 1 is 0.306 bits per heavy atom. The molecule has 4 aromatic carbocycles. The van der Waals surface area contributed by atoms with Crippen LogP contribution in [0.3, 0.4) is 0 Å². The molecule has 4 nitrogen and oxygen atoms in total. The molecule has 0 saturated carbocycles. The lowest BCUT2D eigenvalue weighted by Gasteiger charge is -2.43. The molecule has 0 aromatic heterocycles. The topological polar surface area (TPSA) is 13.0 Å². The Morgan fingerprint density at radius 3 is 0.581 bits per heavy atom. The molecule has 2 aliphatic heterocycles. The standard InChI is InChI=1S/C54H82B4N4/c1-35(2)43-23-19-24-44(36(3)4)51(43)59-31-32-60(52-45(37(5)6)25-20-26-46(52)38(7)8)57(59)55(17)56(18)58-61(53-47(39(9)10)27-21-28-48(53)40(11)12)33-34-62(58)54-49(41(13)14)29-22-30-50(54)42(15)16/h19-30,35-42H,31-34H2,1-18H3. The molecule has 2 aliphatic rings. The fraction of sp³-hybridized carbons (Fsp3) is 0.556. The molecule has 0 aliphatic carbocycles. The summed E-state index contributed by atoms with van der Waals surface area (Å²) in [4.78, 5) is 11.6. The predicted molar refractivity (Wildman–Crippen MR) is 283 cm³/mol. The third kappa shape index (κ3) is 9.02. The SMILES string of the molecule is CB(B(C)B1N(c2c(C(C)C)cccc2C(C)C)CCN1c1c(C(C)C)cccc1C(C)C)B1N(c2c(C(C)C)cccc2C(C)C)CCN1c1c(C(C)C)cccc1C(C)C. The number of hydrogen-bond acceptors (Lipinski definition) is 4. The molecule has 0 N–H and O–H groups in total. The van der Waals surface area contributed by atoms with Crippen LogP contribution in [0.5, 0.6) is 0 Å². The van der Waals surface area contributed by atoms with E-state index in [1.807, 2.05) is 0 Å². The van der Waals surface area contributed by atoms with Crippen molar-refractivity contribution in [1.29, 1.82) is 0 Å². The van der Waals surface area contributed by atoms with Crippen molar-refractivity contribution in [1.82, 2.24) is 0 Å². The summed E-state index contributed by atoms with van der Waals surface area (Å²) in [6.45, 7) is 48.6. The summed E-state index contributed by atoms with van der Waals surface area (Å²) >= 11 is 0. The van der Waals surface area contributed by atoms with Gasteiger partial charge in [0, 0.05) is 48.9 Å². The summed E-state index contributed by atoms with van der Waals surface area (Å²) in [5.41, 5.74) is 17.8. The molecule has 0 amide bonds. The van der Waals surface area contributed by atoms with E-state index in [1.165, 1.54) is 67.3 Å². The van der Waals surface area contributed by atoms with Crippen LogP contribution in [-0.2, 0) is 0 Å². The molecule has 0 unspecified atom stereocenters. The first-order chi connectivity index (χ1) is 29.3. The predicted octanol–water partition coefficient (Wildman–Crippen LogP) is 14.5. The minimum Gasteiger partial charge on any atom is -0.401 e. The Labute approximate surface area is 382 Å². The average molecular weight is 831 g/mol. The molecule has 0 radical (unpaired) electrons. The Hall–Kier alpha value is -3.66. The van der Waals surface area contributed by atoms with Crippen LogP contribution in [0.2, 0.25) is 13.6 Å². The lowest BCUT2D eigenvalue weighted by atomic mass is 8.84. The Kier molecular flexibility index (Phi) is 15.1. The Morgan fingerprint density at radius 2 is 0.452 bits per heavy atom. The maximum Gasteiger partial charge on any atom is 0.321 e. The molecule has 0 bridgehead atoms. The first-order valence-electron chi connectivity index (χ1n) is 24.9. The van der Waals surface area contributed by atoms with Crippen LogP contribution in [0.15, 0.2) is 72.8 Å². The summed E-state index contributed by atoms with van der Waals surface area (Å²) in [6.07, 6.45) is 0. The van der Waals surface area contributed by atoms with Gasteiger partial charge in [0.25, 0.3) is 0 Å². The first-order valence-corrected chi connectivity index (χ1v) is 24.9. The van der Waals surface area contributed by atoms with Gasteiger partial charge >= 0.3 is 13.7 Å². The van der Waals surface area contributed by atoms with Gasteiger partial charge in [0.2, 0.25) is 0 Å². The highest BCUT2D eigenvalue weighted by Gasteiger charge is 2.54. The van der Waals surface area contributed by atoms with E-state index in [0.29, 0.717) is 60.3 Å². The molecule has 6 rings (SSSR count). The molecule has 2 fully saturated rings. The van der Waals surface area contributed by atoms with Gasteiger partial charge in [-0.05, 0) is 91.9 Å². The van der Waals surface area contributed by atoms with Crippen molar-refractivity contribution >= 4 is 49.5 Å². The van der Waals surface area contributed by atoms with E-state index < -0.39 is 0 Å². The van der Waals surface area contributed by atoms with Crippen molar-refractivity contribution in [2.45, 2.75) is 172 Å². The quantitative estimate of drug-likeness (QED) is 0.111. The molecular weight excluding hydrogens is 748 g/mol. The zero-order valence-electron chi connectivity index (χ0n) is 42.5.